The SMILES string of the molecule is CCCCCCCCCC1COCOC1. The Kier molecular flexibility index (Phi) is 7.94. The molecule has 1 rings (SSSR count). The van der Waals surface area contributed by atoms with Gasteiger partial charge in [0.15, 0.2) is 0 Å². The van der Waals surface area contributed by atoms with Gasteiger partial charge < -0.3 is 9.47 Å². The third-order valence-corrected chi connectivity index (χ3v) is 3.09. The maximum atomic E-state index is 5.27. The molecule has 0 atom stereocenters. The Morgan fingerprint density at radius 1 is 0.867 bits per heavy atom. The molecule has 2 heteroatoms. The largest absolute Gasteiger partial charge is 0.355 e. The second kappa shape index (κ2) is 9.17. The van der Waals surface area contributed by atoms with Crippen LogP contribution in [0.4, 0.5) is 0 Å². The second-order valence-electron chi connectivity index (χ2n) is 4.64. The van der Waals surface area contributed by atoms with E-state index in [1.54, 1.807) is 0 Å². The molecule has 0 spiro atoms. The molecular formula is C13H26O2. The molecule has 90 valence electrons. The quantitative estimate of drug-likeness (QED) is 0.573. The van der Waals surface area contributed by atoms with Gasteiger partial charge in [0.05, 0.1) is 13.2 Å². The zero-order chi connectivity index (χ0) is 10.8. The van der Waals surface area contributed by atoms with Gasteiger partial charge in [0.25, 0.3) is 0 Å². The zero-order valence-electron chi connectivity index (χ0n) is 10.2. The summed E-state index contributed by atoms with van der Waals surface area (Å²) in [5.41, 5.74) is 0. The van der Waals surface area contributed by atoms with Crippen molar-refractivity contribution in [1.29, 1.82) is 0 Å². The van der Waals surface area contributed by atoms with Crippen LogP contribution in [0, 0.1) is 5.92 Å². The summed E-state index contributed by atoms with van der Waals surface area (Å²) in [7, 11) is 0. The fourth-order valence-electron chi connectivity index (χ4n) is 2.09. The average Bonchev–Trinajstić information content (AvgIpc) is 2.29. The van der Waals surface area contributed by atoms with E-state index in [0.717, 1.165) is 13.2 Å². The Bertz CT molecular complexity index is 130. The molecule has 0 N–H and O–H groups in total. The summed E-state index contributed by atoms with van der Waals surface area (Å²) in [6.45, 7) is 4.60. The van der Waals surface area contributed by atoms with Crippen LogP contribution < -0.4 is 0 Å². The molecule has 1 saturated heterocycles. The van der Waals surface area contributed by atoms with Gasteiger partial charge in [0.2, 0.25) is 0 Å². The van der Waals surface area contributed by atoms with Crippen LogP contribution in [0.3, 0.4) is 0 Å². The average molecular weight is 214 g/mol. The van der Waals surface area contributed by atoms with Crippen LogP contribution >= 0.6 is 0 Å². The summed E-state index contributed by atoms with van der Waals surface area (Å²) in [5.74, 6) is 0.661. The van der Waals surface area contributed by atoms with Gasteiger partial charge in [-0.1, -0.05) is 51.9 Å². The zero-order valence-corrected chi connectivity index (χ0v) is 10.2. The van der Waals surface area contributed by atoms with E-state index >= 15 is 0 Å². The summed E-state index contributed by atoms with van der Waals surface area (Å²) in [6, 6.07) is 0. The van der Waals surface area contributed by atoms with Crippen molar-refractivity contribution in [3.05, 3.63) is 0 Å². The second-order valence-corrected chi connectivity index (χ2v) is 4.64. The number of unbranched alkanes of at least 4 members (excludes halogenated alkanes) is 6. The molecular weight excluding hydrogens is 188 g/mol. The van der Waals surface area contributed by atoms with Crippen molar-refractivity contribution in [2.45, 2.75) is 58.3 Å². The molecule has 0 aromatic heterocycles. The molecule has 0 aromatic carbocycles. The van der Waals surface area contributed by atoms with E-state index < -0.39 is 0 Å². The Labute approximate surface area is 94.3 Å². The van der Waals surface area contributed by atoms with Crippen LogP contribution in [-0.2, 0) is 9.47 Å². The molecule has 0 saturated carbocycles. The predicted molar refractivity (Wildman–Crippen MR) is 62.9 cm³/mol. The van der Waals surface area contributed by atoms with Crippen molar-refractivity contribution in [1.82, 2.24) is 0 Å². The predicted octanol–water partition coefficient (Wildman–Crippen LogP) is 3.75. The van der Waals surface area contributed by atoms with Gasteiger partial charge >= 0.3 is 0 Å². The van der Waals surface area contributed by atoms with Gasteiger partial charge in [-0.2, -0.15) is 0 Å². The molecule has 0 bridgehead atoms. The standard InChI is InChI=1S/C13H26O2/c1-2-3-4-5-6-7-8-9-13-10-14-12-15-11-13/h13H,2-12H2,1H3. The van der Waals surface area contributed by atoms with Gasteiger partial charge in [-0.25, -0.2) is 0 Å². The van der Waals surface area contributed by atoms with Crippen molar-refractivity contribution in [3.8, 4) is 0 Å². The minimum absolute atomic E-state index is 0.507. The number of hydrogen-bond donors (Lipinski definition) is 0. The lowest BCUT2D eigenvalue weighted by Crippen LogP contribution is -2.23. The van der Waals surface area contributed by atoms with Crippen LogP contribution in [0.25, 0.3) is 0 Å². The van der Waals surface area contributed by atoms with Crippen LogP contribution in [0.2, 0.25) is 0 Å². The fourth-order valence-corrected chi connectivity index (χ4v) is 2.09. The third kappa shape index (κ3) is 6.91. The van der Waals surface area contributed by atoms with E-state index in [4.69, 9.17) is 9.47 Å². The molecule has 0 unspecified atom stereocenters. The van der Waals surface area contributed by atoms with E-state index in [0.29, 0.717) is 12.7 Å². The molecule has 1 heterocycles. The van der Waals surface area contributed by atoms with Crippen molar-refractivity contribution >= 4 is 0 Å². The van der Waals surface area contributed by atoms with E-state index in [1.165, 1.54) is 51.4 Å². The highest BCUT2D eigenvalue weighted by Crippen LogP contribution is 2.15. The van der Waals surface area contributed by atoms with E-state index in [2.05, 4.69) is 6.92 Å². The molecule has 0 radical (unpaired) electrons. The first kappa shape index (κ1) is 13.0. The first-order valence-electron chi connectivity index (χ1n) is 6.59. The van der Waals surface area contributed by atoms with Gasteiger partial charge in [-0.3, -0.25) is 0 Å². The number of ether oxygens (including phenoxy) is 2. The van der Waals surface area contributed by atoms with Crippen LogP contribution in [0.5, 0.6) is 0 Å². The van der Waals surface area contributed by atoms with Crippen LogP contribution in [-0.4, -0.2) is 20.0 Å². The summed E-state index contributed by atoms with van der Waals surface area (Å²) in [4.78, 5) is 0. The fraction of sp³-hybridized carbons (Fsp3) is 1.00. The molecule has 15 heavy (non-hydrogen) atoms. The lowest BCUT2D eigenvalue weighted by molar-refractivity contribution is -0.127. The van der Waals surface area contributed by atoms with E-state index in [9.17, 15) is 0 Å². The van der Waals surface area contributed by atoms with Gasteiger partial charge in [-0.15, -0.1) is 0 Å². The summed E-state index contributed by atoms with van der Waals surface area (Å²) in [5, 5.41) is 0. The Hall–Kier alpha value is -0.0800. The van der Waals surface area contributed by atoms with Crippen LogP contribution in [0.15, 0.2) is 0 Å². The van der Waals surface area contributed by atoms with Gasteiger partial charge in [0, 0.05) is 5.92 Å². The first-order valence-corrected chi connectivity index (χ1v) is 6.59. The lowest BCUT2D eigenvalue weighted by Gasteiger charge is -2.22. The third-order valence-electron chi connectivity index (χ3n) is 3.09. The summed E-state index contributed by atoms with van der Waals surface area (Å²) >= 11 is 0. The molecule has 0 aliphatic carbocycles. The highest BCUT2D eigenvalue weighted by Gasteiger charge is 2.13. The number of hydrogen-bond acceptors (Lipinski definition) is 2. The minimum Gasteiger partial charge on any atom is -0.355 e. The molecule has 0 aromatic rings. The molecule has 1 aliphatic heterocycles. The number of rotatable bonds is 8. The summed E-state index contributed by atoms with van der Waals surface area (Å²) in [6.07, 6.45) is 11.0. The molecule has 1 aliphatic rings. The smallest absolute Gasteiger partial charge is 0.146 e. The van der Waals surface area contributed by atoms with Crippen molar-refractivity contribution in [2.75, 3.05) is 20.0 Å². The highest BCUT2D eigenvalue weighted by atomic mass is 16.7. The Balaban J connectivity index is 1.79. The highest BCUT2D eigenvalue weighted by molar-refractivity contribution is 4.59. The normalized spacial score (nSPS) is 18.2. The monoisotopic (exact) mass is 214 g/mol. The molecule has 0 amide bonds. The topological polar surface area (TPSA) is 18.5 Å². The molecule has 2 nitrogen and oxygen atoms in total. The Morgan fingerprint density at radius 2 is 1.47 bits per heavy atom. The van der Waals surface area contributed by atoms with Gasteiger partial charge in [-0.05, 0) is 6.42 Å². The van der Waals surface area contributed by atoms with Crippen LogP contribution in [0.1, 0.15) is 58.3 Å². The van der Waals surface area contributed by atoms with Gasteiger partial charge in [0.1, 0.15) is 6.79 Å². The van der Waals surface area contributed by atoms with Crippen molar-refractivity contribution in [2.24, 2.45) is 5.92 Å². The van der Waals surface area contributed by atoms with E-state index in [1.807, 2.05) is 0 Å². The maximum absolute atomic E-state index is 5.27. The summed E-state index contributed by atoms with van der Waals surface area (Å²) < 4.78 is 10.5. The molecule has 1 fully saturated rings. The van der Waals surface area contributed by atoms with E-state index in [-0.39, 0.29) is 0 Å². The Morgan fingerprint density at radius 3 is 2.13 bits per heavy atom. The van der Waals surface area contributed by atoms with Crippen molar-refractivity contribution in [3.63, 3.8) is 0 Å². The maximum Gasteiger partial charge on any atom is 0.146 e. The minimum atomic E-state index is 0.507. The lowest BCUT2D eigenvalue weighted by atomic mass is 10.0. The van der Waals surface area contributed by atoms with Crippen molar-refractivity contribution < 1.29 is 9.47 Å². The first-order chi connectivity index (χ1) is 7.43.